The fourth-order valence-electron chi connectivity index (χ4n) is 4.12. The first kappa shape index (κ1) is 29.6. The Morgan fingerprint density at radius 2 is 1.90 bits per heavy atom. The van der Waals surface area contributed by atoms with Gasteiger partial charge in [-0.15, -0.1) is 0 Å². The Morgan fingerprint density at radius 3 is 2.54 bits per heavy atom. The summed E-state index contributed by atoms with van der Waals surface area (Å²) in [6, 6.07) is 6.90. The maximum atomic E-state index is 12.9. The highest BCUT2D eigenvalue weighted by Gasteiger charge is 2.29. The molecule has 0 spiro atoms. The van der Waals surface area contributed by atoms with Crippen LogP contribution in [0.5, 0.6) is 5.75 Å². The summed E-state index contributed by atoms with van der Waals surface area (Å²) in [5, 5.41) is 9.38. The number of rotatable bonds is 7. The smallest absolute Gasteiger partial charge is 0.410 e. The molecule has 2 amide bonds. The summed E-state index contributed by atoms with van der Waals surface area (Å²) in [5.41, 5.74) is 0.910. The molecule has 0 radical (unpaired) electrons. The molecule has 1 heterocycles. The molecule has 3 atom stereocenters. The predicted octanol–water partition coefficient (Wildman–Crippen LogP) is 4.55. The van der Waals surface area contributed by atoms with E-state index in [-0.39, 0.29) is 17.9 Å². The topological polar surface area (TPSA) is 118 Å². The van der Waals surface area contributed by atoms with Crippen molar-refractivity contribution in [1.29, 1.82) is 0 Å². The Balaban J connectivity index is 1.66. The first-order chi connectivity index (χ1) is 18.5. The number of ether oxygens (including phenoxy) is 2. The van der Waals surface area contributed by atoms with Crippen LogP contribution in [0.3, 0.4) is 0 Å². The van der Waals surface area contributed by atoms with Gasteiger partial charge in [-0.3, -0.25) is 9.69 Å². The van der Waals surface area contributed by atoms with Crippen molar-refractivity contribution in [2.24, 2.45) is 5.92 Å². The second-order valence-electron chi connectivity index (χ2n) is 10.7. The number of benzene rings is 1. The standard InChI is InChI=1S/C29H40N6O4/c1-19(35(6)28(37)39-29(2,3)4)26(36)33-23-10-8-9-20(17-23)11-12-21-18-31-27(30-5)34-25(21)32-22-13-15-24(38-7)16-14-22/h13-16,18-20,23H,8-10,17H2,1-7H3,(H,33,36)(H2,30,31,32,34)/t19-,20-,23-/m0/s1. The molecule has 210 valence electrons. The van der Waals surface area contributed by atoms with E-state index in [2.05, 4.69) is 37.8 Å². The largest absolute Gasteiger partial charge is 0.497 e. The lowest BCUT2D eigenvalue weighted by atomic mass is 9.86. The molecule has 0 aliphatic heterocycles. The number of aromatic nitrogens is 2. The number of carbonyl (C=O) groups excluding carboxylic acids is 2. The summed E-state index contributed by atoms with van der Waals surface area (Å²) in [5.74, 6) is 8.40. The molecule has 1 saturated carbocycles. The number of nitrogens with one attached hydrogen (secondary N) is 3. The Morgan fingerprint density at radius 1 is 1.18 bits per heavy atom. The van der Waals surface area contributed by atoms with Crippen LogP contribution in [-0.2, 0) is 9.53 Å². The zero-order valence-corrected chi connectivity index (χ0v) is 23.9. The van der Waals surface area contributed by atoms with Gasteiger partial charge in [0.25, 0.3) is 0 Å². The SMILES string of the molecule is CNc1ncc(C#C[C@@H]2CCC[C@H](NC(=O)[C@H](C)N(C)C(=O)OC(C)(C)C)C2)c(Nc2ccc(OC)cc2)n1. The van der Waals surface area contributed by atoms with Gasteiger partial charge in [-0.25, -0.2) is 9.78 Å². The monoisotopic (exact) mass is 536 g/mol. The molecule has 1 aliphatic carbocycles. The van der Waals surface area contributed by atoms with E-state index in [4.69, 9.17) is 9.47 Å². The quantitative estimate of drug-likeness (QED) is 0.441. The number of amides is 2. The number of hydrogen-bond donors (Lipinski definition) is 3. The molecule has 10 nitrogen and oxygen atoms in total. The molecule has 39 heavy (non-hydrogen) atoms. The average molecular weight is 537 g/mol. The van der Waals surface area contributed by atoms with Crippen molar-refractivity contribution >= 4 is 29.5 Å². The molecule has 1 aromatic carbocycles. The van der Waals surface area contributed by atoms with Crippen LogP contribution in [-0.4, -0.2) is 65.8 Å². The lowest BCUT2D eigenvalue weighted by Gasteiger charge is -2.31. The first-order valence-electron chi connectivity index (χ1n) is 13.2. The highest BCUT2D eigenvalue weighted by molar-refractivity contribution is 5.85. The van der Waals surface area contributed by atoms with E-state index in [1.165, 1.54) is 4.90 Å². The van der Waals surface area contributed by atoms with Crippen LogP contribution < -0.4 is 20.7 Å². The number of likely N-dealkylation sites (N-methyl/N-ethyl adjacent to an activating group) is 1. The number of anilines is 3. The summed E-state index contributed by atoms with van der Waals surface area (Å²) < 4.78 is 10.6. The molecule has 3 rings (SSSR count). The summed E-state index contributed by atoms with van der Waals surface area (Å²) in [7, 11) is 4.97. The third-order valence-corrected chi connectivity index (χ3v) is 6.44. The van der Waals surface area contributed by atoms with Crippen LogP contribution in [0.1, 0.15) is 58.9 Å². The van der Waals surface area contributed by atoms with Gasteiger partial charge in [0.05, 0.1) is 18.9 Å². The second-order valence-corrected chi connectivity index (χ2v) is 10.7. The minimum Gasteiger partial charge on any atom is -0.497 e. The van der Waals surface area contributed by atoms with Crippen molar-refractivity contribution in [1.82, 2.24) is 20.2 Å². The van der Waals surface area contributed by atoms with Crippen LogP contribution in [0, 0.1) is 17.8 Å². The Labute approximate surface area is 231 Å². The van der Waals surface area contributed by atoms with Crippen LogP contribution in [0.4, 0.5) is 22.2 Å². The molecule has 10 heteroatoms. The van der Waals surface area contributed by atoms with Gasteiger partial charge >= 0.3 is 6.09 Å². The molecule has 0 bridgehead atoms. The molecule has 0 unspecified atom stereocenters. The van der Waals surface area contributed by atoms with Crippen molar-refractivity contribution in [2.75, 3.05) is 31.8 Å². The van der Waals surface area contributed by atoms with Gasteiger partial charge in [0, 0.05) is 31.7 Å². The van der Waals surface area contributed by atoms with Gasteiger partial charge in [0.2, 0.25) is 11.9 Å². The number of hydrogen-bond acceptors (Lipinski definition) is 8. The molecule has 1 aliphatic rings. The molecule has 2 aromatic rings. The maximum Gasteiger partial charge on any atom is 0.410 e. The van der Waals surface area contributed by atoms with E-state index in [1.807, 2.05) is 24.3 Å². The van der Waals surface area contributed by atoms with E-state index in [0.29, 0.717) is 17.3 Å². The van der Waals surface area contributed by atoms with Crippen molar-refractivity contribution in [3.8, 4) is 17.6 Å². The normalized spacial score (nSPS) is 17.6. The van der Waals surface area contributed by atoms with E-state index in [1.54, 1.807) is 55.1 Å². The van der Waals surface area contributed by atoms with Crippen molar-refractivity contribution < 1.29 is 19.1 Å². The van der Waals surface area contributed by atoms with Gasteiger partial charge < -0.3 is 25.4 Å². The summed E-state index contributed by atoms with van der Waals surface area (Å²) in [6.07, 6.45) is 4.68. The Hall–Kier alpha value is -4.00. The van der Waals surface area contributed by atoms with E-state index >= 15 is 0 Å². The summed E-state index contributed by atoms with van der Waals surface area (Å²) in [6.45, 7) is 7.09. The average Bonchev–Trinajstić information content (AvgIpc) is 2.91. The summed E-state index contributed by atoms with van der Waals surface area (Å²) >= 11 is 0. The Kier molecular flexibility index (Phi) is 9.99. The lowest BCUT2D eigenvalue weighted by Crippen LogP contribution is -2.50. The van der Waals surface area contributed by atoms with Crippen molar-refractivity contribution in [3.63, 3.8) is 0 Å². The minimum atomic E-state index is -0.652. The highest BCUT2D eigenvalue weighted by atomic mass is 16.6. The van der Waals surface area contributed by atoms with Gasteiger partial charge in [0.1, 0.15) is 17.4 Å². The molecule has 1 fully saturated rings. The zero-order chi connectivity index (χ0) is 28.6. The third kappa shape index (κ3) is 8.77. The van der Waals surface area contributed by atoms with E-state index < -0.39 is 17.7 Å². The van der Waals surface area contributed by atoms with Crippen LogP contribution in [0.15, 0.2) is 30.5 Å². The number of nitrogens with zero attached hydrogens (tertiary/aromatic N) is 3. The third-order valence-electron chi connectivity index (χ3n) is 6.44. The summed E-state index contributed by atoms with van der Waals surface area (Å²) in [4.78, 5) is 35.5. The fourth-order valence-corrected chi connectivity index (χ4v) is 4.12. The van der Waals surface area contributed by atoms with Gasteiger partial charge in [-0.2, -0.15) is 4.98 Å². The molecule has 1 aromatic heterocycles. The molecule has 3 N–H and O–H groups in total. The first-order valence-corrected chi connectivity index (χ1v) is 13.2. The van der Waals surface area contributed by atoms with Crippen LogP contribution in [0.25, 0.3) is 0 Å². The zero-order valence-electron chi connectivity index (χ0n) is 23.9. The number of methoxy groups -OCH3 is 1. The number of carbonyl (C=O) groups is 2. The van der Waals surface area contributed by atoms with E-state index in [9.17, 15) is 9.59 Å². The van der Waals surface area contributed by atoms with Gasteiger partial charge in [0.15, 0.2) is 5.82 Å². The second kappa shape index (κ2) is 13.2. The molecule has 0 saturated heterocycles. The van der Waals surface area contributed by atoms with Crippen LogP contribution >= 0.6 is 0 Å². The maximum absolute atomic E-state index is 12.9. The Bertz CT molecular complexity index is 1200. The van der Waals surface area contributed by atoms with Crippen LogP contribution in [0.2, 0.25) is 0 Å². The van der Waals surface area contributed by atoms with Gasteiger partial charge in [-0.05, 0) is 71.2 Å². The molecular formula is C29H40N6O4. The highest BCUT2D eigenvalue weighted by Crippen LogP contribution is 2.25. The fraction of sp³-hybridized carbons (Fsp3) is 0.517. The van der Waals surface area contributed by atoms with Crippen molar-refractivity contribution in [2.45, 2.75) is 71.1 Å². The molecular weight excluding hydrogens is 496 g/mol. The van der Waals surface area contributed by atoms with Gasteiger partial charge in [-0.1, -0.05) is 18.3 Å². The lowest BCUT2D eigenvalue weighted by molar-refractivity contribution is -0.126. The van der Waals surface area contributed by atoms with Crippen molar-refractivity contribution in [3.05, 3.63) is 36.0 Å². The van der Waals surface area contributed by atoms with E-state index in [0.717, 1.165) is 37.1 Å². The predicted molar refractivity (Wildman–Crippen MR) is 152 cm³/mol. The minimum absolute atomic E-state index is 0.0140.